The molecule has 3 heteroatoms. The number of rotatable bonds is 5. The van der Waals surface area contributed by atoms with Crippen LogP contribution >= 0.6 is 0 Å². The van der Waals surface area contributed by atoms with Crippen LogP contribution < -0.4 is 0 Å². The van der Waals surface area contributed by atoms with Crippen LogP contribution in [0.25, 0.3) is 10.9 Å². The normalized spacial score (nSPS) is 10.4. The Balaban J connectivity index is 2.35. The van der Waals surface area contributed by atoms with E-state index in [2.05, 4.69) is 10.5 Å². The lowest BCUT2D eigenvalue weighted by atomic mass is 10.1. The Morgan fingerprint density at radius 1 is 1.39 bits per heavy atom. The number of hydrogen-bond acceptors (Lipinski definition) is 1. The summed E-state index contributed by atoms with van der Waals surface area (Å²) in [6.45, 7) is 0.768. The van der Waals surface area contributed by atoms with Crippen molar-refractivity contribution >= 4 is 16.9 Å². The van der Waals surface area contributed by atoms with Crippen molar-refractivity contribution in [1.29, 1.82) is 0 Å². The molecule has 0 saturated heterocycles. The van der Waals surface area contributed by atoms with Crippen LogP contribution in [0.15, 0.2) is 30.5 Å². The highest BCUT2D eigenvalue weighted by Gasteiger charge is 2.08. The molecule has 2 aromatic rings. The molecule has 3 nitrogen and oxygen atoms in total. The van der Waals surface area contributed by atoms with Crippen LogP contribution in [0.5, 0.6) is 0 Å². The van der Waals surface area contributed by atoms with Crippen LogP contribution in [0, 0.1) is 12.3 Å². The number of carbonyl (C=O) groups is 1. The number of nitrogens with zero attached hydrogens (tertiary/aromatic N) is 1. The van der Waals surface area contributed by atoms with Crippen molar-refractivity contribution in [3.05, 3.63) is 36.0 Å². The van der Waals surface area contributed by atoms with Crippen LogP contribution in [-0.4, -0.2) is 15.6 Å². The van der Waals surface area contributed by atoms with E-state index < -0.39 is 5.97 Å². The fourth-order valence-corrected chi connectivity index (χ4v) is 2.13. The topological polar surface area (TPSA) is 42.2 Å². The second kappa shape index (κ2) is 5.42. The Morgan fingerprint density at radius 2 is 2.17 bits per heavy atom. The second-order valence-corrected chi connectivity index (χ2v) is 4.21. The number of hydrogen-bond donors (Lipinski definition) is 1. The van der Waals surface area contributed by atoms with Crippen molar-refractivity contribution in [3.8, 4) is 12.3 Å². The van der Waals surface area contributed by atoms with Gasteiger partial charge < -0.3 is 9.67 Å². The van der Waals surface area contributed by atoms with E-state index in [-0.39, 0.29) is 6.42 Å². The predicted molar refractivity (Wildman–Crippen MR) is 71.3 cm³/mol. The molecule has 0 fully saturated rings. The Labute approximate surface area is 106 Å². The second-order valence-electron chi connectivity index (χ2n) is 4.21. The zero-order chi connectivity index (χ0) is 13.0. The maximum Gasteiger partial charge on any atom is 0.303 e. The molecule has 0 amide bonds. The number of aliphatic carboxylic acids is 1. The number of carboxylic acid groups (broad SMARTS) is 1. The molecule has 0 radical (unpaired) electrons. The maximum atomic E-state index is 10.7. The molecule has 0 saturated carbocycles. The lowest BCUT2D eigenvalue weighted by Crippen LogP contribution is -1.97. The molecular formula is C15H15NO2. The molecule has 18 heavy (non-hydrogen) atoms. The average Bonchev–Trinajstić information content (AvgIpc) is 2.72. The SMILES string of the molecule is C#CCCn1cc(CCC(=O)O)c2ccccc21. The lowest BCUT2D eigenvalue weighted by Gasteiger charge is -2.00. The number of terminal acetylenes is 1. The number of aryl methyl sites for hydroxylation is 2. The highest BCUT2D eigenvalue weighted by atomic mass is 16.4. The summed E-state index contributed by atoms with van der Waals surface area (Å²) >= 11 is 0. The van der Waals surface area contributed by atoms with Gasteiger partial charge in [-0.1, -0.05) is 18.2 Å². The third-order valence-corrected chi connectivity index (χ3v) is 2.98. The summed E-state index contributed by atoms with van der Waals surface area (Å²) in [5.74, 6) is 1.86. The monoisotopic (exact) mass is 241 g/mol. The van der Waals surface area contributed by atoms with E-state index in [1.807, 2.05) is 30.5 Å². The fraction of sp³-hybridized carbons (Fsp3) is 0.267. The fourth-order valence-electron chi connectivity index (χ4n) is 2.13. The first-order chi connectivity index (χ1) is 8.72. The third-order valence-electron chi connectivity index (χ3n) is 2.98. The van der Waals surface area contributed by atoms with Gasteiger partial charge in [0, 0.05) is 36.5 Å². The molecule has 1 aromatic carbocycles. The summed E-state index contributed by atoms with van der Waals surface area (Å²) in [4.78, 5) is 10.7. The molecule has 0 aliphatic rings. The highest BCUT2D eigenvalue weighted by Crippen LogP contribution is 2.22. The van der Waals surface area contributed by atoms with Gasteiger partial charge in [-0.2, -0.15) is 0 Å². The lowest BCUT2D eigenvalue weighted by molar-refractivity contribution is -0.136. The Kier molecular flexibility index (Phi) is 3.69. The summed E-state index contributed by atoms with van der Waals surface area (Å²) < 4.78 is 2.10. The van der Waals surface area contributed by atoms with Gasteiger partial charge in [0.15, 0.2) is 0 Å². The molecule has 0 unspecified atom stereocenters. The number of aromatic nitrogens is 1. The van der Waals surface area contributed by atoms with Crippen molar-refractivity contribution in [3.63, 3.8) is 0 Å². The quantitative estimate of drug-likeness (QED) is 0.818. The van der Waals surface area contributed by atoms with Crippen LogP contribution in [0.2, 0.25) is 0 Å². The van der Waals surface area contributed by atoms with E-state index in [4.69, 9.17) is 11.5 Å². The molecular weight excluding hydrogens is 226 g/mol. The van der Waals surface area contributed by atoms with Gasteiger partial charge in [-0.3, -0.25) is 4.79 Å². The maximum absolute atomic E-state index is 10.7. The standard InChI is InChI=1S/C15H15NO2/c1-2-3-10-16-11-12(8-9-15(17)18)13-6-4-5-7-14(13)16/h1,4-7,11H,3,8-10H2,(H,17,18). The summed E-state index contributed by atoms with van der Waals surface area (Å²) in [5, 5.41) is 9.88. The summed E-state index contributed by atoms with van der Waals surface area (Å²) in [6.07, 6.45) is 8.69. The van der Waals surface area contributed by atoms with Crippen molar-refractivity contribution in [1.82, 2.24) is 4.57 Å². The molecule has 0 aliphatic carbocycles. The summed E-state index contributed by atoms with van der Waals surface area (Å²) in [7, 11) is 0. The van der Waals surface area contributed by atoms with Gasteiger partial charge in [0.25, 0.3) is 0 Å². The summed E-state index contributed by atoms with van der Waals surface area (Å²) in [5.41, 5.74) is 2.19. The zero-order valence-electron chi connectivity index (χ0n) is 10.1. The molecule has 92 valence electrons. The Hall–Kier alpha value is -2.21. The number of para-hydroxylation sites is 1. The molecule has 1 N–H and O–H groups in total. The molecule has 0 aliphatic heterocycles. The van der Waals surface area contributed by atoms with E-state index in [1.165, 1.54) is 0 Å². The average molecular weight is 241 g/mol. The molecule has 0 bridgehead atoms. The van der Waals surface area contributed by atoms with Crippen LogP contribution in [0.3, 0.4) is 0 Å². The van der Waals surface area contributed by atoms with Crippen LogP contribution in [-0.2, 0) is 17.8 Å². The van der Waals surface area contributed by atoms with Crippen molar-refractivity contribution in [2.75, 3.05) is 0 Å². The minimum atomic E-state index is -0.768. The van der Waals surface area contributed by atoms with Gasteiger partial charge in [0.05, 0.1) is 0 Å². The predicted octanol–water partition coefficient (Wildman–Crippen LogP) is 2.68. The van der Waals surface area contributed by atoms with Crippen LogP contribution in [0.4, 0.5) is 0 Å². The molecule has 1 heterocycles. The van der Waals surface area contributed by atoms with E-state index >= 15 is 0 Å². The molecule has 1 aromatic heterocycles. The first-order valence-electron chi connectivity index (χ1n) is 5.94. The van der Waals surface area contributed by atoms with Crippen molar-refractivity contribution in [2.24, 2.45) is 0 Å². The zero-order valence-corrected chi connectivity index (χ0v) is 10.1. The smallest absolute Gasteiger partial charge is 0.303 e. The van der Waals surface area contributed by atoms with Gasteiger partial charge >= 0.3 is 5.97 Å². The number of benzene rings is 1. The first kappa shape index (κ1) is 12.3. The van der Waals surface area contributed by atoms with Crippen LogP contribution in [0.1, 0.15) is 18.4 Å². The van der Waals surface area contributed by atoms with Gasteiger partial charge in [-0.25, -0.2) is 0 Å². The molecule has 2 rings (SSSR count). The van der Waals surface area contributed by atoms with Gasteiger partial charge in [-0.05, 0) is 18.1 Å². The Morgan fingerprint density at radius 3 is 2.89 bits per heavy atom. The summed E-state index contributed by atoms with van der Waals surface area (Å²) in [6, 6.07) is 8.02. The third kappa shape index (κ3) is 2.54. The minimum absolute atomic E-state index is 0.156. The number of fused-ring (bicyclic) bond motifs is 1. The van der Waals surface area contributed by atoms with Crippen molar-refractivity contribution in [2.45, 2.75) is 25.8 Å². The van der Waals surface area contributed by atoms with Gasteiger partial charge in [-0.15, -0.1) is 12.3 Å². The van der Waals surface area contributed by atoms with Crippen molar-refractivity contribution < 1.29 is 9.90 Å². The largest absolute Gasteiger partial charge is 0.481 e. The van der Waals surface area contributed by atoms with E-state index in [0.717, 1.165) is 23.0 Å². The van der Waals surface area contributed by atoms with Gasteiger partial charge in [0.1, 0.15) is 0 Å². The number of carboxylic acids is 1. The highest BCUT2D eigenvalue weighted by molar-refractivity contribution is 5.84. The van der Waals surface area contributed by atoms with Gasteiger partial charge in [0.2, 0.25) is 0 Å². The molecule has 0 spiro atoms. The minimum Gasteiger partial charge on any atom is -0.481 e. The molecule has 0 atom stereocenters. The Bertz CT molecular complexity index is 604. The van der Waals surface area contributed by atoms with E-state index in [0.29, 0.717) is 12.8 Å². The van der Waals surface area contributed by atoms with E-state index in [9.17, 15) is 4.79 Å². The first-order valence-corrected chi connectivity index (χ1v) is 5.94. The van der Waals surface area contributed by atoms with E-state index in [1.54, 1.807) is 0 Å².